The third-order valence-electron chi connectivity index (χ3n) is 9.97. The van der Waals surface area contributed by atoms with E-state index >= 15 is 0 Å². The first kappa shape index (κ1) is 50.2. The summed E-state index contributed by atoms with van der Waals surface area (Å²) in [6.45, 7) is 7.87. The number of phosphoric acid groups is 1. The van der Waals surface area contributed by atoms with Crippen LogP contribution < -0.4 is 5.73 Å². The highest BCUT2D eigenvalue weighted by molar-refractivity contribution is 7.46. The lowest BCUT2D eigenvalue weighted by Gasteiger charge is -2.17. The molecule has 0 radical (unpaired) electrons. The Labute approximate surface area is 302 Å². The molecule has 292 valence electrons. The van der Waals surface area contributed by atoms with Crippen LogP contribution in [-0.4, -0.2) is 22.9 Å². The first-order valence-corrected chi connectivity index (χ1v) is 23.3. The van der Waals surface area contributed by atoms with E-state index in [0.29, 0.717) is 0 Å². The molecule has 0 aromatic heterocycles. The predicted molar refractivity (Wildman–Crippen MR) is 214 cm³/mol. The fourth-order valence-corrected chi connectivity index (χ4v) is 7.10. The van der Waals surface area contributed by atoms with Crippen LogP contribution in [0.15, 0.2) is 0 Å². The number of rotatable bonds is 39. The minimum Gasteiger partial charge on any atom is -0.330 e. The summed E-state index contributed by atoms with van der Waals surface area (Å²) in [5.41, 5.74) is 5.48. The SMILES string of the molecule is CCCCCCCCCCCCC(CCCCCCCCCC)COP(=O)(O)O.CCCCCCCCCCCCCCCCCCN. The maximum atomic E-state index is 11.1. The molecule has 1 unspecified atom stereocenters. The summed E-state index contributed by atoms with van der Waals surface area (Å²) < 4.78 is 15.9. The largest absolute Gasteiger partial charge is 0.469 e. The van der Waals surface area contributed by atoms with E-state index in [9.17, 15) is 4.57 Å². The van der Waals surface area contributed by atoms with Crippen LogP contribution in [0.5, 0.6) is 0 Å². The lowest BCUT2D eigenvalue weighted by Crippen LogP contribution is -2.09. The summed E-state index contributed by atoms with van der Waals surface area (Å²) in [5.74, 6) is 0.289. The second kappa shape index (κ2) is 43.2. The van der Waals surface area contributed by atoms with Gasteiger partial charge in [-0.25, -0.2) is 4.57 Å². The molecule has 5 nitrogen and oxygen atoms in total. The maximum Gasteiger partial charge on any atom is 0.469 e. The van der Waals surface area contributed by atoms with Gasteiger partial charge in [-0.3, -0.25) is 4.52 Å². The van der Waals surface area contributed by atoms with E-state index in [0.717, 1.165) is 32.2 Å². The van der Waals surface area contributed by atoms with Crippen molar-refractivity contribution in [3.05, 3.63) is 0 Å². The molecule has 0 amide bonds. The third kappa shape index (κ3) is 48.2. The molecule has 0 fully saturated rings. The van der Waals surface area contributed by atoms with Crippen LogP contribution in [0.3, 0.4) is 0 Å². The van der Waals surface area contributed by atoms with Gasteiger partial charge in [0.2, 0.25) is 0 Å². The standard InChI is InChI=1S/C24H51O4P.C18H39N/c1-3-5-7-9-11-13-14-16-18-20-22-24(23-28-29(25,26)27)21-19-17-15-12-10-8-6-4-2;1-2-3-4-5-6-7-8-9-10-11-12-13-14-15-16-17-18-19/h24H,3-23H2,1-2H3,(H2,25,26,27);2-19H2,1H3. The molecule has 0 spiro atoms. The fourth-order valence-electron chi connectivity index (χ4n) is 6.69. The van der Waals surface area contributed by atoms with Gasteiger partial charge < -0.3 is 15.5 Å². The number of hydrogen-bond acceptors (Lipinski definition) is 3. The van der Waals surface area contributed by atoms with Gasteiger partial charge in [-0.15, -0.1) is 0 Å². The predicted octanol–water partition coefficient (Wildman–Crippen LogP) is 14.8. The number of nitrogens with two attached hydrogens (primary N) is 1. The molecule has 0 rings (SSSR count). The maximum absolute atomic E-state index is 11.1. The molecule has 0 aromatic carbocycles. The van der Waals surface area contributed by atoms with Gasteiger partial charge in [0, 0.05) is 0 Å². The monoisotopic (exact) mass is 704 g/mol. The molecule has 48 heavy (non-hydrogen) atoms. The van der Waals surface area contributed by atoms with Crippen molar-refractivity contribution in [2.24, 2.45) is 11.7 Å². The highest BCUT2D eigenvalue weighted by Crippen LogP contribution is 2.37. The quantitative estimate of drug-likeness (QED) is 0.0438. The Morgan fingerprint density at radius 1 is 0.417 bits per heavy atom. The minimum atomic E-state index is -4.35. The highest BCUT2D eigenvalue weighted by Gasteiger charge is 2.18. The molecule has 0 saturated carbocycles. The Morgan fingerprint density at radius 3 is 0.875 bits per heavy atom. The van der Waals surface area contributed by atoms with E-state index < -0.39 is 7.82 Å². The lowest BCUT2D eigenvalue weighted by atomic mass is 9.94. The van der Waals surface area contributed by atoms with Gasteiger partial charge in [-0.1, -0.05) is 233 Å². The van der Waals surface area contributed by atoms with Gasteiger partial charge in [-0.05, 0) is 31.7 Å². The van der Waals surface area contributed by atoms with Gasteiger partial charge in [0.15, 0.2) is 0 Å². The van der Waals surface area contributed by atoms with Crippen LogP contribution >= 0.6 is 7.82 Å². The zero-order chi connectivity index (χ0) is 35.7. The van der Waals surface area contributed by atoms with Crippen molar-refractivity contribution in [2.75, 3.05) is 13.2 Å². The Hall–Kier alpha value is 0.0700. The minimum absolute atomic E-state index is 0.207. The van der Waals surface area contributed by atoms with E-state index in [1.165, 1.54) is 205 Å². The van der Waals surface area contributed by atoms with E-state index in [2.05, 4.69) is 20.8 Å². The summed E-state index contributed by atoms with van der Waals surface area (Å²) in [5, 5.41) is 0. The third-order valence-corrected chi connectivity index (χ3v) is 10.5. The van der Waals surface area contributed by atoms with Crippen molar-refractivity contribution in [1.29, 1.82) is 0 Å². The number of phosphoric ester groups is 1. The van der Waals surface area contributed by atoms with Crippen LogP contribution in [0, 0.1) is 5.92 Å². The molecule has 0 heterocycles. The van der Waals surface area contributed by atoms with E-state index in [1.807, 2.05) is 0 Å². The second-order valence-electron chi connectivity index (χ2n) is 15.0. The van der Waals surface area contributed by atoms with Crippen LogP contribution in [0.1, 0.15) is 252 Å². The molecule has 0 aliphatic rings. The molecular weight excluding hydrogens is 613 g/mol. The van der Waals surface area contributed by atoms with Crippen LogP contribution in [-0.2, 0) is 9.09 Å². The molecule has 0 aromatic rings. The van der Waals surface area contributed by atoms with Crippen LogP contribution in [0.2, 0.25) is 0 Å². The topological polar surface area (TPSA) is 92.8 Å². The molecule has 0 saturated heterocycles. The number of unbranched alkanes of at least 4 members (excludes halogenated alkanes) is 31. The van der Waals surface area contributed by atoms with E-state index in [1.54, 1.807) is 0 Å². The summed E-state index contributed by atoms with van der Waals surface area (Å²) in [4.78, 5) is 18.0. The number of hydrogen-bond donors (Lipinski definition) is 3. The molecule has 0 bridgehead atoms. The van der Waals surface area contributed by atoms with Gasteiger partial charge in [0.1, 0.15) is 0 Å². The zero-order valence-electron chi connectivity index (χ0n) is 33.2. The Bertz CT molecular complexity index is 598. The summed E-state index contributed by atoms with van der Waals surface area (Å²) in [6.07, 6.45) is 48.4. The summed E-state index contributed by atoms with van der Waals surface area (Å²) >= 11 is 0. The van der Waals surface area contributed by atoms with Gasteiger partial charge >= 0.3 is 7.82 Å². The van der Waals surface area contributed by atoms with Crippen LogP contribution in [0.25, 0.3) is 0 Å². The van der Waals surface area contributed by atoms with Crippen LogP contribution in [0.4, 0.5) is 0 Å². The average molecular weight is 704 g/mol. The van der Waals surface area contributed by atoms with E-state index in [-0.39, 0.29) is 12.5 Å². The van der Waals surface area contributed by atoms with Crippen molar-refractivity contribution >= 4 is 7.82 Å². The van der Waals surface area contributed by atoms with E-state index in [4.69, 9.17) is 20.0 Å². The lowest BCUT2D eigenvalue weighted by molar-refractivity contribution is 0.157. The first-order valence-electron chi connectivity index (χ1n) is 21.8. The summed E-state index contributed by atoms with van der Waals surface area (Å²) in [6, 6.07) is 0. The molecule has 1 atom stereocenters. The fraction of sp³-hybridized carbons (Fsp3) is 1.00. The van der Waals surface area contributed by atoms with Gasteiger partial charge in [0.25, 0.3) is 0 Å². The van der Waals surface area contributed by atoms with Crippen molar-refractivity contribution in [3.8, 4) is 0 Å². The Balaban J connectivity index is 0. The summed E-state index contributed by atoms with van der Waals surface area (Å²) in [7, 11) is -4.35. The first-order chi connectivity index (χ1) is 23.4. The highest BCUT2D eigenvalue weighted by atomic mass is 31.2. The molecule has 6 heteroatoms. The molecule has 0 aliphatic carbocycles. The molecule has 4 N–H and O–H groups in total. The molecule has 0 aliphatic heterocycles. The van der Waals surface area contributed by atoms with Gasteiger partial charge in [0.05, 0.1) is 6.61 Å². The van der Waals surface area contributed by atoms with Crippen molar-refractivity contribution in [2.45, 2.75) is 252 Å². The Morgan fingerprint density at radius 2 is 0.646 bits per heavy atom. The van der Waals surface area contributed by atoms with Gasteiger partial charge in [-0.2, -0.15) is 0 Å². The van der Waals surface area contributed by atoms with Crippen molar-refractivity contribution in [3.63, 3.8) is 0 Å². The molecular formula is C42H90NO4P. The smallest absolute Gasteiger partial charge is 0.330 e. The normalized spacial score (nSPS) is 12.3. The second-order valence-corrected chi connectivity index (χ2v) is 16.2. The Kier molecular flexibility index (Phi) is 45.2. The van der Waals surface area contributed by atoms with Crippen molar-refractivity contribution in [1.82, 2.24) is 0 Å². The average Bonchev–Trinajstić information content (AvgIpc) is 3.07. The van der Waals surface area contributed by atoms with Crippen molar-refractivity contribution < 1.29 is 18.9 Å². The zero-order valence-corrected chi connectivity index (χ0v) is 34.1.